The molecule has 0 saturated heterocycles. The van der Waals surface area contributed by atoms with Crippen LogP contribution in [0.25, 0.3) is 10.9 Å². The van der Waals surface area contributed by atoms with Gasteiger partial charge in [0, 0.05) is 23.1 Å². The first-order chi connectivity index (χ1) is 11.2. The van der Waals surface area contributed by atoms with Crippen LogP contribution in [0.3, 0.4) is 0 Å². The first-order valence-corrected chi connectivity index (χ1v) is 7.60. The Balaban J connectivity index is 1.69. The minimum absolute atomic E-state index is 0.440. The summed E-state index contributed by atoms with van der Waals surface area (Å²) < 4.78 is 0. The van der Waals surface area contributed by atoms with Crippen molar-refractivity contribution >= 4 is 22.6 Å². The average molecular weight is 306 g/mol. The van der Waals surface area contributed by atoms with Gasteiger partial charge in [-0.2, -0.15) is 0 Å². The number of carbonyl (C=O) groups excluding carboxylic acids is 2. The Kier molecular flexibility index (Phi) is 4.24. The van der Waals surface area contributed by atoms with E-state index in [9.17, 15) is 9.59 Å². The number of aromatic amines is 1. The number of fused-ring (bicyclic) bond motifs is 1. The predicted octanol–water partition coefficient (Wildman–Crippen LogP) is 3.02. The van der Waals surface area contributed by atoms with E-state index in [4.69, 9.17) is 0 Å². The van der Waals surface area contributed by atoms with Crippen molar-refractivity contribution in [2.24, 2.45) is 0 Å². The SMILES string of the molecule is Cc1[nH]c2ccccc2c1C(=O)C(=O)NCCc1ccccc1. The molecule has 4 nitrogen and oxygen atoms in total. The van der Waals surface area contributed by atoms with E-state index in [1.54, 1.807) is 0 Å². The molecular formula is C19H18N2O2. The quantitative estimate of drug-likeness (QED) is 0.562. The van der Waals surface area contributed by atoms with Gasteiger partial charge in [-0.05, 0) is 25.0 Å². The fourth-order valence-corrected chi connectivity index (χ4v) is 2.73. The van der Waals surface area contributed by atoms with Crippen molar-refractivity contribution < 1.29 is 9.59 Å². The molecule has 0 bridgehead atoms. The molecule has 0 aliphatic heterocycles. The summed E-state index contributed by atoms with van der Waals surface area (Å²) in [6.45, 7) is 2.25. The minimum atomic E-state index is -0.561. The molecule has 23 heavy (non-hydrogen) atoms. The number of Topliss-reactive ketones (excluding diaryl/α,β-unsaturated/α-hetero) is 1. The molecule has 2 N–H and O–H groups in total. The van der Waals surface area contributed by atoms with E-state index in [1.807, 2.05) is 61.5 Å². The highest BCUT2D eigenvalue weighted by Crippen LogP contribution is 2.22. The number of rotatable bonds is 5. The number of para-hydroxylation sites is 1. The fourth-order valence-electron chi connectivity index (χ4n) is 2.73. The van der Waals surface area contributed by atoms with E-state index >= 15 is 0 Å². The molecule has 1 heterocycles. The molecule has 2 aromatic carbocycles. The van der Waals surface area contributed by atoms with Crippen LogP contribution in [0.4, 0.5) is 0 Å². The Bertz CT molecular complexity index is 850. The second-order valence-electron chi connectivity index (χ2n) is 5.49. The smallest absolute Gasteiger partial charge is 0.292 e. The van der Waals surface area contributed by atoms with Crippen molar-refractivity contribution in [2.45, 2.75) is 13.3 Å². The number of aromatic nitrogens is 1. The van der Waals surface area contributed by atoms with Gasteiger partial charge in [0.1, 0.15) is 0 Å². The van der Waals surface area contributed by atoms with E-state index in [-0.39, 0.29) is 0 Å². The maximum Gasteiger partial charge on any atom is 0.292 e. The van der Waals surface area contributed by atoms with E-state index in [0.29, 0.717) is 18.5 Å². The number of nitrogens with one attached hydrogen (secondary N) is 2. The summed E-state index contributed by atoms with van der Waals surface area (Å²) in [5.74, 6) is -1.05. The number of benzene rings is 2. The average Bonchev–Trinajstić information content (AvgIpc) is 2.90. The third-order valence-electron chi connectivity index (χ3n) is 3.87. The number of aryl methyl sites for hydroxylation is 1. The molecule has 0 aliphatic carbocycles. The topological polar surface area (TPSA) is 62.0 Å². The van der Waals surface area contributed by atoms with Gasteiger partial charge in [0.25, 0.3) is 11.7 Å². The van der Waals surface area contributed by atoms with Crippen molar-refractivity contribution in [3.05, 3.63) is 71.4 Å². The number of hydrogen-bond donors (Lipinski definition) is 2. The highest BCUT2D eigenvalue weighted by atomic mass is 16.2. The first kappa shape index (κ1) is 15.0. The molecule has 116 valence electrons. The third-order valence-corrected chi connectivity index (χ3v) is 3.87. The summed E-state index contributed by atoms with van der Waals surface area (Å²) in [6, 6.07) is 17.4. The molecule has 3 aromatic rings. The summed E-state index contributed by atoms with van der Waals surface area (Å²) in [6.07, 6.45) is 0.701. The van der Waals surface area contributed by atoms with Gasteiger partial charge in [-0.25, -0.2) is 0 Å². The third kappa shape index (κ3) is 3.16. The van der Waals surface area contributed by atoms with Crippen LogP contribution in [-0.4, -0.2) is 23.2 Å². The lowest BCUT2D eigenvalue weighted by Gasteiger charge is -2.05. The van der Waals surface area contributed by atoms with E-state index < -0.39 is 11.7 Å². The van der Waals surface area contributed by atoms with Crippen LogP contribution in [0, 0.1) is 6.92 Å². The number of hydrogen-bond acceptors (Lipinski definition) is 2. The summed E-state index contributed by atoms with van der Waals surface area (Å²) in [4.78, 5) is 27.7. The van der Waals surface area contributed by atoms with E-state index in [1.165, 1.54) is 0 Å². The maximum atomic E-state index is 12.5. The largest absolute Gasteiger partial charge is 0.358 e. The molecule has 0 fully saturated rings. The second kappa shape index (κ2) is 6.48. The van der Waals surface area contributed by atoms with Crippen molar-refractivity contribution in [3.63, 3.8) is 0 Å². The Hall–Kier alpha value is -2.88. The zero-order valence-electron chi connectivity index (χ0n) is 12.9. The molecule has 1 amide bonds. The van der Waals surface area contributed by atoms with Crippen LogP contribution < -0.4 is 5.32 Å². The summed E-state index contributed by atoms with van der Waals surface area (Å²) in [5.41, 5.74) is 3.17. The van der Waals surface area contributed by atoms with Crippen molar-refractivity contribution in [1.29, 1.82) is 0 Å². The monoisotopic (exact) mass is 306 g/mol. The number of amides is 1. The van der Waals surface area contributed by atoms with Crippen LogP contribution in [0.1, 0.15) is 21.6 Å². The number of ketones is 1. The minimum Gasteiger partial charge on any atom is -0.358 e. The lowest BCUT2D eigenvalue weighted by Crippen LogP contribution is -2.32. The molecule has 1 aromatic heterocycles. The number of carbonyl (C=O) groups is 2. The number of H-pyrrole nitrogens is 1. The van der Waals surface area contributed by atoms with Gasteiger partial charge < -0.3 is 10.3 Å². The Labute approximate surface area is 134 Å². The summed E-state index contributed by atoms with van der Waals surface area (Å²) in [7, 11) is 0. The highest BCUT2D eigenvalue weighted by molar-refractivity contribution is 6.45. The highest BCUT2D eigenvalue weighted by Gasteiger charge is 2.22. The molecule has 0 radical (unpaired) electrons. The van der Waals surface area contributed by atoms with E-state index in [2.05, 4.69) is 10.3 Å². The predicted molar refractivity (Wildman–Crippen MR) is 90.5 cm³/mol. The lowest BCUT2D eigenvalue weighted by atomic mass is 10.1. The Morgan fingerprint density at radius 1 is 1.00 bits per heavy atom. The van der Waals surface area contributed by atoms with Crippen LogP contribution in [0.5, 0.6) is 0 Å². The molecular weight excluding hydrogens is 288 g/mol. The van der Waals surface area contributed by atoms with Crippen LogP contribution in [0.2, 0.25) is 0 Å². The molecule has 0 aliphatic rings. The molecule has 0 saturated carbocycles. The van der Waals surface area contributed by atoms with Crippen molar-refractivity contribution in [2.75, 3.05) is 6.54 Å². The van der Waals surface area contributed by atoms with Gasteiger partial charge in [0.15, 0.2) is 0 Å². The van der Waals surface area contributed by atoms with Crippen LogP contribution >= 0.6 is 0 Å². The van der Waals surface area contributed by atoms with Gasteiger partial charge in [-0.15, -0.1) is 0 Å². The van der Waals surface area contributed by atoms with Gasteiger partial charge in [-0.3, -0.25) is 9.59 Å². The maximum absolute atomic E-state index is 12.5. The summed E-state index contributed by atoms with van der Waals surface area (Å²) in [5, 5.41) is 3.49. The van der Waals surface area contributed by atoms with Crippen molar-refractivity contribution in [1.82, 2.24) is 10.3 Å². The van der Waals surface area contributed by atoms with Gasteiger partial charge in [0.2, 0.25) is 0 Å². The van der Waals surface area contributed by atoms with Crippen LogP contribution in [0.15, 0.2) is 54.6 Å². The van der Waals surface area contributed by atoms with E-state index in [0.717, 1.165) is 22.2 Å². The Morgan fingerprint density at radius 3 is 2.48 bits per heavy atom. The molecule has 0 spiro atoms. The van der Waals surface area contributed by atoms with Crippen molar-refractivity contribution in [3.8, 4) is 0 Å². The summed E-state index contributed by atoms with van der Waals surface area (Å²) >= 11 is 0. The molecule has 0 unspecified atom stereocenters. The standard InChI is InChI=1S/C19H18N2O2/c1-13-17(15-9-5-6-10-16(15)21-13)18(22)19(23)20-12-11-14-7-3-2-4-8-14/h2-10,21H,11-12H2,1H3,(H,20,23). The Morgan fingerprint density at radius 2 is 1.70 bits per heavy atom. The first-order valence-electron chi connectivity index (χ1n) is 7.60. The zero-order valence-corrected chi connectivity index (χ0v) is 12.9. The normalized spacial score (nSPS) is 10.7. The fraction of sp³-hybridized carbons (Fsp3) is 0.158. The van der Waals surface area contributed by atoms with Gasteiger partial charge in [0.05, 0.1) is 5.56 Å². The molecule has 0 atom stereocenters. The van der Waals surface area contributed by atoms with Gasteiger partial charge >= 0.3 is 0 Å². The second-order valence-corrected chi connectivity index (χ2v) is 5.49. The lowest BCUT2D eigenvalue weighted by molar-refractivity contribution is -0.116. The zero-order chi connectivity index (χ0) is 16.2. The van der Waals surface area contributed by atoms with Gasteiger partial charge in [-0.1, -0.05) is 48.5 Å². The molecule has 3 rings (SSSR count). The molecule has 4 heteroatoms. The van der Waals surface area contributed by atoms with Crippen LogP contribution in [-0.2, 0) is 11.2 Å².